The number of benzene rings is 2. The Labute approximate surface area is 212 Å². The Kier molecular flexibility index (Phi) is 10.2. The largest absolute Gasteiger partial charge is 0.354 e. The number of sulfonamides is 1. The minimum absolute atomic E-state index is 0.0986. The molecule has 0 aliphatic rings. The molecule has 186 valence electrons. The molecule has 0 saturated heterocycles. The third-order valence-corrected chi connectivity index (χ3v) is 7.12. The molecule has 1 unspecified atom stereocenters. The van der Waals surface area contributed by atoms with Crippen molar-refractivity contribution in [2.45, 2.75) is 46.2 Å². The number of amides is 2. The highest BCUT2D eigenvalue weighted by Crippen LogP contribution is 2.30. The number of nitrogens with one attached hydrogen (secondary N) is 1. The maximum absolute atomic E-state index is 13.5. The van der Waals surface area contributed by atoms with E-state index in [0.717, 1.165) is 34.5 Å². The summed E-state index contributed by atoms with van der Waals surface area (Å²) in [5.41, 5.74) is 1.96. The number of hydrogen-bond donors (Lipinski definition) is 1. The van der Waals surface area contributed by atoms with Crippen molar-refractivity contribution >= 4 is 50.7 Å². The standard InChI is InChI=1S/C24H31Cl2N3O4S/c1-5-6-13-27-24(31)18(3)28(15-19-10-8-7-9-17(19)2)23(30)16-29(34(4,32)33)22-12-11-20(25)14-21(22)26/h7-12,14,18H,5-6,13,15-16H2,1-4H3,(H,27,31). The minimum Gasteiger partial charge on any atom is -0.354 e. The summed E-state index contributed by atoms with van der Waals surface area (Å²) < 4.78 is 26.1. The zero-order valence-electron chi connectivity index (χ0n) is 19.8. The first-order chi connectivity index (χ1) is 16.0. The van der Waals surface area contributed by atoms with E-state index in [2.05, 4.69) is 5.32 Å². The van der Waals surface area contributed by atoms with Crippen LogP contribution in [0.25, 0.3) is 0 Å². The van der Waals surface area contributed by atoms with Crippen LogP contribution in [0.2, 0.25) is 10.0 Å². The number of carbonyl (C=O) groups excluding carboxylic acids is 2. The second-order valence-electron chi connectivity index (χ2n) is 8.13. The molecular formula is C24H31Cl2N3O4S. The number of hydrogen-bond acceptors (Lipinski definition) is 4. The number of unbranched alkanes of at least 4 members (excludes halogenated alkanes) is 1. The van der Waals surface area contributed by atoms with Crippen molar-refractivity contribution < 1.29 is 18.0 Å². The number of carbonyl (C=O) groups is 2. The first-order valence-corrected chi connectivity index (χ1v) is 13.6. The molecule has 2 rings (SSSR count). The average molecular weight is 529 g/mol. The van der Waals surface area contributed by atoms with Crippen LogP contribution in [0.5, 0.6) is 0 Å². The summed E-state index contributed by atoms with van der Waals surface area (Å²) in [6.45, 7) is 5.71. The normalized spacial score (nSPS) is 12.2. The predicted molar refractivity (Wildman–Crippen MR) is 138 cm³/mol. The molecule has 0 radical (unpaired) electrons. The first-order valence-electron chi connectivity index (χ1n) is 11.0. The smallest absolute Gasteiger partial charge is 0.244 e. The minimum atomic E-state index is -3.87. The molecule has 0 saturated carbocycles. The van der Waals surface area contributed by atoms with E-state index in [-0.39, 0.29) is 23.2 Å². The van der Waals surface area contributed by atoms with Crippen LogP contribution in [0.4, 0.5) is 5.69 Å². The van der Waals surface area contributed by atoms with Gasteiger partial charge in [-0.05, 0) is 49.6 Å². The van der Waals surface area contributed by atoms with Crippen molar-refractivity contribution in [2.75, 3.05) is 23.7 Å². The van der Waals surface area contributed by atoms with Gasteiger partial charge >= 0.3 is 0 Å². The van der Waals surface area contributed by atoms with E-state index in [0.29, 0.717) is 11.6 Å². The Morgan fingerprint density at radius 2 is 1.79 bits per heavy atom. The number of halogens is 2. The third-order valence-electron chi connectivity index (χ3n) is 5.46. The molecule has 0 aromatic heterocycles. The van der Waals surface area contributed by atoms with Crippen molar-refractivity contribution in [1.29, 1.82) is 0 Å². The van der Waals surface area contributed by atoms with Crippen LogP contribution < -0.4 is 9.62 Å². The molecule has 1 N–H and O–H groups in total. The van der Waals surface area contributed by atoms with E-state index in [1.807, 2.05) is 38.1 Å². The van der Waals surface area contributed by atoms with E-state index < -0.39 is 28.5 Å². The van der Waals surface area contributed by atoms with Gasteiger partial charge in [-0.2, -0.15) is 0 Å². The lowest BCUT2D eigenvalue weighted by molar-refractivity contribution is -0.139. The Hall–Kier alpha value is -2.29. The van der Waals surface area contributed by atoms with Gasteiger partial charge in [0.15, 0.2) is 0 Å². The molecule has 1 atom stereocenters. The average Bonchev–Trinajstić information content (AvgIpc) is 2.76. The maximum Gasteiger partial charge on any atom is 0.244 e. The van der Waals surface area contributed by atoms with Crippen molar-refractivity contribution in [3.8, 4) is 0 Å². The van der Waals surface area contributed by atoms with Gasteiger partial charge in [0, 0.05) is 18.1 Å². The van der Waals surface area contributed by atoms with Crippen LogP contribution in [0.15, 0.2) is 42.5 Å². The van der Waals surface area contributed by atoms with E-state index >= 15 is 0 Å². The predicted octanol–water partition coefficient (Wildman–Crippen LogP) is 4.40. The number of rotatable bonds is 11. The highest BCUT2D eigenvalue weighted by molar-refractivity contribution is 7.92. The molecule has 0 spiro atoms. The lowest BCUT2D eigenvalue weighted by Crippen LogP contribution is -2.51. The van der Waals surface area contributed by atoms with Crippen molar-refractivity contribution in [2.24, 2.45) is 0 Å². The Morgan fingerprint density at radius 3 is 2.38 bits per heavy atom. The Balaban J connectivity index is 2.39. The molecule has 0 bridgehead atoms. The van der Waals surface area contributed by atoms with Crippen LogP contribution in [0, 0.1) is 6.92 Å². The van der Waals surface area contributed by atoms with E-state index in [4.69, 9.17) is 23.2 Å². The Bertz CT molecular complexity index is 1120. The second-order valence-corrected chi connectivity index (χ2v) is 10.9. The topological polar surface area (TPSA) is 86.8 Å². The summed E-state index contributed by atoms with van der Waals surface area (Å²) >= 11 is 12.2. The lowest BCUT2D eigenvalue weighted by atomic mass is 10.1. The molecule has 0 heterocycles. The molecule has 2 amide bonds. The summed E-state index contributed by atoms with van der Waals surface area (Å²) in [5, 5.41) is 3.29. The monoisotopic (exact) mass is 527 g/mol. The van der Waals surface area contributed by atoms with Gasteiger partial charge in [0.2, 0.25) is 21.8 Å². The van der Waals surface area contributed by atoms with Crippen molar-refractivity contribution in [3.05, 3.63) is 63.6 Å². The number of anilines is 1. The molecule has 0 aliphatic heterocycles. The van der Waals surface area contributed by atoms with E-state index in [9.17, 15) is 18.0 Å². The van der Waals surface area contributed by atoms with Gasteiger partial charge in [0.05, 0.1) is 17.0 Å². The molecule has 10 heteroatoms. The number of aryl methyl sites for hydroxylation is 1. The summed E-state index contributed by atoms with van der Waals surface area (Å²) in [7, 11) is -3.87. The highest BCUT2D eigenvalue weighted by Gasteiger charge is 2.31. The van der Waals surface area contributed by atoms with Crippen LogP contribution in [0.1, 0.15) is 37.8 Å². The fourth-order valence-electron chi connectivity index (χ4n) is 3.37. The van der Waals surface area contributed by atoms with E-state index in [1.54, 1.807) is 6.92 Å². The molecule has 34 heavy (non-hydrogen) atoms. The van der Waals surface area contributed by atoms with Crippen molar-refractivity contribution in [1.82, 2.24) is 10.2 Å². The van der Waals surface area contributed by atoms with Crippen LogP contribution in [0.3, 0.4) is 0 Å². The molecule has 0 fully saturated rings. The van der Waals surface area contributed by atoms with E-state index in [1.165, 1.54) is 23.1 Å². The second kappa shape index (κ2) is 12.4. The van der Waals surface area contributed by atoms with Gasteiger partial charge < -0.3 is 10.2 Å². The zero-order valence-corrected chi connectivity index (χ0v) is 22.2. The Morgan fingerprint density at radius 1 is 1.12 bits per heavy atom. The van der Waals surface area contributed by atoms with Crippen LogP contribution in [-0.2, 0) is 26.2 Å². The maximum atomic E-state index is 13.5. The van der Waals surface area contributed by atoms with Crippen LogP contribution in [-0.4, -0.2) is 50.5 Å². The van der Waals surface area contributed by atoms with Gasteiger partial charge in [-0.25, -0.2) is 8.42 Å². The SMILES string of the molecule is CCCCNC(=O)C(C)N(Cc1ccccc1C)C(=O)CN(c1ccc(Cl)cc1Cl)S(C)(=O)=O. The summed E-state index contributed by atoms with van der Waals surface area (Å²) in [5.74, 6) is -0.830. The molecule has 2 aromatic carbocycles. The zero-order chi connectivity index (χ0) is 25.5. The molecule has 0 aliphatic carbocycles. The highest BCUT2D eigenvalue weighted by atomic mass is 35.5. The number of nitrogens with zero attached hydrogens (tertiary/aromatic N) is 2. The van der Waals surface area contributed by atoms with Gasteiger partial charge in [-0.15, -0.1) is 0 Å². The summed E-state index contributed by atoms with van der Waals surface area (Å²) in [4.78, 5) is 27.7. The van der Waals surface area contributed by atoms with Crippen molar-refractivity contribution in [3.63, 3.8) is 0 Å². The quantitative estimate of drug-likeness (QED) is 0.438. The van der Waals surface area contributed by atoms with Crippen LogP contribution >= 0.6 is 23.2 Å². The van der Waals surface area contributed by atoms with Gasteiger partial charge in [-0.1, -0.05) is 60.8 Å². The van der Waals surface area contributed by atoms with Gasteiger partial charge in [-0.3, -0.25) is 13.9 Å². The first kappa shape index (κ1) is 28.0. The molecule has 7 nitrogen and oxygen atoms in total. The fourth-order valence-corrected chi connectivity index (χ4v) is 4.79. The summed E-state index contributed by atoms with van der Waals surface area (Å²) in [6.07, 6.45) is 2.74. The summed E-state index contributed by atoms with van der Waals surface area (Å²) in [6, 6.07) is 11.1. The van der Waals surface area contributed by atoms with Gasteiger partial charge in [0.25, 0.3) is 0 Å². The molecular weight excluding hydrogens is 497 g/mol. The fraction of sp³-hybridized carbons (Fsp3) is 0.417. The molecule has 2 aromatic rings. The third kappa shape index (κ3) is 7.61. The lowest BCUT2D eigenvalue weighted by Gasteiger charge is -2.32. The van der Waals surface area contributed by atoms with Gasteiger partial charge in [0.1, 0.15) is 12.6 Å².